The van der Waals surface area contributed by atoms with Gasteiger partial charge in [0, 0.05) is 29.4 Å². The Morgan fingerprint density at radius 3 is 2.10 bits per heavy atom. The zero-order valence-corrected chi connectivity index (χ0v) is 22.2. The molecule has 0 unspecified atom stereocenters. The van der Waals surface area contributed by atoms with Crippen LogP contribution in [0.2, 0.25) is 0 Å². The minimum atomic E-state index is -1.21. The molecule has 0 aliphatic carbocycles. The first-order chi connectivity index (χ1) is 18.8. The monoisotopic (exact) mass is 541 g/mol. The fourth-order valence-corrected chi connectivity index (χ4v) is 4.84. The molecule has 2 aliphatic rings. The summed E-state index contributed by atoms with van der Waals surface area (Å²) >= 11 is 0. The lowest BCUT2D eigenvalue weighted by Crippen LogP contribution is -2.35. The summed E-state index contributed by atoms with van der Waals surface area (Å²) in [6, 6.07) is 6.36. The van der Waals surface area contributed by atoms with Crippen molar-refractivity contribution in [2.45, 2.75) is 18.9 Å². The second-order valence-corrected chi connectivity index (χ2v) is 8.61. The van der Waals surface area contributed by atoms with Gasteiger partial charge in [0.25, 0.3) is 5.91 Å². The summed E-state index contributed by atoms with van der Waals surface area (Å²) in [4.78, 5) is 26.9. The number of aryl methyl sites for hydroxylation is 1. The number of ether oxygens (including phenoxy) is 8. The second-order valence-electron chi connectivity index (χ2n) is 8.61. The number of carbonyl (C=O) groups is 1. The van der Waals surface area contributed by atoms with Crippen molar-refractivity contribution in [3.8, 4) is 46.0 Å². The fourth-order valence-electron chi connectivity index (χ4n) is 4.84. The van der Waals surface area contributed by atoms with Crippen LogP contribution in [-0.4, -0.2) is 54.4 Å². The Morgan fingerprint density at radius 1 is 0.846 bits per heavy atom. The maximum Gasteiger partial charge on any atom is 0.343 e. The van der Waals surface area contributed by atoms with Crippen LogP contribution in [0.4, 0.5) is 5.69 Å². The third-order valence-electron chi connectivity index (χ3n) is 6.48. The Bertz CT molecular complexity index is 1470. The minimum absolute atomic E-state index is 0.0460. The molecule has 0 bridgehead atoms. The normalized spacial score (nSPS) is 16.7. The minimum Gasteiger partial charge on any atom is -0.493 e. The molecule has 5 rings (SSSR count). The van der Waals surface area contributed by atoms with Gasteiger partial charge < -0.3 is 47.6 Å². The standard InChI is InChI=1S/C27H27NO11/c1-12-7-15-20(27(30)38-12)19(14-10-18(33-4)23-25(21(14)34-5)37-11-36-23)24(39-15)26(29)28-13-8-16(31-2)22(35-6)17(9-13)32-3/h7-10,19,24H,11H2,1-6H3,(H,28,29)/t19-,24-/m1/s1. The van der Waals surface area contributed by atoms with E-state index in [1.807, 2.05) is 0 Å². The molecule has 1 aromatic heterocycles. The Labute approximate surface area is 223 Å². The molecule has 0 radical (unpaired) electrons. The van der Waals surface area contributed by atoms with Crippen molar-refractivity contribution in [2.75, 3.05) is 47.7 Å². The van der Waals surface area contributed by atoms with Crippen molar-refractivity contribution in [1.29, 1.82) is 0 Å². The fraction of sp³-hybridized carbons (Fsp3) is 0.333. The molecule has 0 saturated heterocycles. The molecule has 12 nitrogen and oxygen atoms in total. The highest BCUT2D eigenvalue weighted by atomic mass is 16.7. The first-order valence-corrected chi connectivity index (χ1v) is 11.8. The van der Waals surface area contributed by atoms with Crippen molar-refractivity contribution in [1.82, 2.24) is 0 Å². The first kappa shape index (κ1) is 25.9. The number of carbonyl (C=O) groups excluding carboxylic acids is 1. The number of nitrogens with one attached hydrogen (secondary N) is 1. The zero-order chi connectivity index (χ0) is 27.8. The Kier molecular flexibility index (Phi) is 6.77. The van der Waals surface area contributed by atoms with Crippen molar-refractivity contribution < 1.29 is 47.1 Å². The van der Waals surface area contributed by atoms with Gasteiger partial charge >= 0.3 is 5.63 Å². The Hall–Kier alpha value is -4.74. The van der Waals surface area contributed by atoms with Gasteiger partial charge in [-0.25, -0.2) is 4.79 Å². The van der Waals surface area contributed by atoms with Gasteiger partial charge in [0.2, 0.25) is 24.0 Å². The molecule has 2 atom stereocenters. The third-order valence-corrected chi connectivity index (χ3v) is 6.48. The molecule has 2 aromatic carbocycles. The van der Waals surface area contributed by atoms with Crippen LogP contribution in [0.5, 0.6) is 46.0 Å². The molecular formula is C27H27NO11. The largest absolute Gasteiger partial charge is 0.493 e. The van der Waals surface area contributed by atoms with Crippen LogP contribution in [0.1, 0.15) is 22.8 Å². The van der Waals surface area contributed by atoms with Crippen molar-refractivity contribution >= 4 is 11.6 Å². The number of benzene rings is 2. The predicted octanol–water partition coefficient (Wildman–Crippen LogP) is 3.25. The van der Waals surface area contributed by atoms with Gasteiger partial charge in [-0.15, -0.1) is 0 Å². The van der Waals surface area contributed by atoms with Gasteiger partial charge in [-0.2, -0.15) is 0 Å². The molecule has 0 fully saturated rings. The average molecular weight is 542 g/mol. The number of fused-ring (bicyclic) bond motifs is 2. The van der Waals surface area contributed by atoms with Gasteiger partial charge in [0.05, 0.1) is 47.0 Å². The first-order valence-electron chi connectivity index (χ1n) is 11.8. The van der Waals surface area contributed by atoms with Gasteiger partial charge in [-0.05, 0) is 13.0 Å². The van der Waals surface area contributed by atoms with Crippen LogP contribution in [0.25, 0.3) is 0 Å². The summed E-state index contributed by atoms with van der Waals surface area (Å²) in [7, 11) is 7.34. The Morgan fingerprint density at radius 2 is 1.49 bits per heavy atom. The number of rotatable bonds is 8. The molecular weight excluding hydrogens is 514 g/mol. The smallest absolute Gasteiger partial charge is 0.343 e. The Balaban J connectivity index is 1.63. The summed E-state index contributed by atoms with van der Waals surface area (Å²) in [6.45, 7) is 1.57. The molecule has 3 aromatic rings. The van der Waals surface area contributed by atoms with Gasteiger partial charge in [0.1, 0.15) is 11.5 Å². The summed E-state index contributed by atoms with van der Waals surface area (Å²) < 4.78 is 50.0. The van der Waals surface area contributed by atoms with Crippen LogP contribution < -0.4 is 48.8 Å². The number of hydrogen-bond donors (Lipinski definition) is 1. The van der Waals surface area contributed by atoms with Crippen LogP contribution >= 0.6 is 0 Å². The SMILES string of the molecule is COc1cc(NC(=O)[C@@H]2Oc3cc(C)oc(=O)c3[C@H]2c2cc(OC)c3c(c2OC)OCO3)cc(OC)c1OC. The van der Waals surface area contributed by atoms with E-state index in [9.17, 15) is 9.59 Å². The predicted molar refractivity (Wildman–Crippen MR) is 136 cm³/mol. The number of anilines is 1. The average Bonchev–Trinajstić information content (AvgIpc) is 3.57. The maximum absolute atomic E-state index is 13.8. The molecule has 3 heterocycles. The molecule has 39 heavy (non-hydrogen) atoms. The van der Waals surface area contributed by atoms with Crippen LogP contribution in [0.3, 0.4) is 0 Å². The molecule has 0 saturated carbocycles. The van der Waals surface area contributed by atoms with Crippen molar-refractivity contribution in [3.63, 3.8) is 0 Å². The van der Waals surface area contributed by atoms with E-state index in [2.05, 4.69) is 5.32 Å². The van der Waals surface area contributed by atoms with Crippen molar-refractivity contribution in [2.24, 2.45) is 0 Å². The lowest BCUT2D eigenvalue weighted by Gasteiger charge is -2.22. The lowest BCUT2D eigenvalue weighted by molar-refractivity contribution is -0.122. The molecule has 0 spiro atoms. The lowest BCUT2D eigenvalue weighted by atomic mass is 9.87. The quantitative estimate of drug-likeness (QED) is 0.451. The van der Waals surface area contributed by atoms with E-state index in [0.29, 0.717) is 51.5 Å². The number of amides is 1. The maximum atomic E-state index is 13.8. The van der Waals surface area contributed by atoms with E-state index in [0.717, 1.165) is 0 Å². The van der Waals surface area contributed by atoms with Crippen LogP contribution in [0, 0.1) is 6.92 Å². The third kappa shape index (κ3) is 4.27. The number of hydrogen-bond acceptors (Lipinski definition) is 11. The summed E-state index contributed by atoms with van der Waals surface area (Å²) in [5.41, 5.74) is 0.284. The van der Waals surface area contributed by atoms with Crippen LogP contribution in [-0.2, 0) is 4.79 Å². The second kappa shape index (κ2) is 10.2. The highest BCUT2D eigenvalue weighted by Gasteiger charge is 2.46. The zero-order valence-electron chi connectivity index (χ0n) is 22.2. The van der Waals surface area contributed by atoms with E-state index in [1.165, 1.54) is 35.5 Å². The molecule has 12 heteroatoms. The van der Waals surface area contributed by atoms with Gasteiger partial charge in [-0.1, -0.05) is 0 Å². The summed E-state index contributed by atoms with van der Waals surface area (Å²) in [5, 5.41) is 2.83. The van der Waals surface area contributed by atoms with Gasteiger partial charge in [0.15, 0.2) is 29.1 Å². The van der Waals surface area contributed by atoms with E-state index < -0.39 is 23.6 Å². The molecule has 206 valence electrons. The van der Waals surface area contributed by atoms with E-state index in [-0.39, 0.29) is 23.9 Å². The summed E-state index contributed by atoms with van der Waals surface area (Å²) in [5.74, 6) is 1.37. The number of methoxy groups -OCH3 is 5. The van der Waals surface area contributed by atoms with Crippen molar-refractivity contribution in [3.05, 3.63) is 51.6 Å². The highest BCUT2D eigenvalue weighted by molar-refractivity contribution is 5.97. The molecule has 1 amide bonds. The van der Waals surface area contributed by atoms with E-state index >= 15 is 0 Å². The van der Waals surface area contributed by atoms with E-state index in [1.54, 1.807) is 31.2 Å². The molecule has 1 N–H and O–H groups in total. The topological polar surface area (TPSA) is 133 Å². The molecule has 2 aliphatic heterocycles. The van der Waals surface area contributed by atoms with Crippen LogP contribution in [0.15, 0.2) is 33.5 Å². The summed E-state index contributed by atoms with van der Waals surface area (Å²) in [6.07, 6.45) is -1.21. The highest BCUT2D eigenvalue weighted by Crippen LogP contribution is 2.54. The van der Waals surface area contributed by atoms with E-state index in [4.69, 9.17) is 42.3 Å². The van der Waals surface area contributed by atoms with Gasteiger partial charge in [-0.3, -0.25) is 4.79 Å².